The summed E-state index contributed by atoms with van der Waals surface area (Å²) in [4.78, 5) is 22.2. The van der Waals surface area contributed by atoms with E-state index in [-0.39, 0.29) is 5.69 Å². The van der Waals surface area contributed by atoms with Gasteiger partial charge >= 0.3 is 0 Å². The molecule has 32 heavy (non-hydrogen) atoms. The van der Waals surface area contributed by atoms with Crippen LogP contribution in [0.4, 0.5) is 10.8 Å². The molecule has 0 amide bonds. The second kappa shape index (κ2) is 9.23. The summed E-state index contributed by atoms with van der Waals surface area (Å²) < 4.78 is 1.51. The Balaban J connectivity index is 1.87. The molecule has 4 aromatic rings. The maximum Gasteiger partial charge on any atom is 0.289 e. The molecule has 0 aliphatic rings. The normalized spacial score (nSPS) is 11.3. The highest BCUT2D eigenvalue weighted by Gasteiger charge is 2.19. The van der Waals surface area contributed by atoms with Gasteiger partial charge in [0.1, 0.15) is 5.82 Å². The van der Waals surface area contributed by atoms with E-state index in [2.05, 4.69) is 20.2 Å². The van der Waals surface area contributed by atoms with Crippen molar-refractivity contribution in [3.05, 3.63) is 92.5 Å². The average molecular weight is 446 g/mol. The van der Waals surface area contributed by atoms with Crippen molar-refractivity contribution in [2.75, 3.05) is 0 Å². The third-order valence-corrected chi connectivity index (χ3v) is 5.99. The molecule has 2 heterocycles. The molecule has 0 saturated heterocycles. The molecule has 162 valence electrons. The quantitative estimate of drug-likeness (QED) is 0.392. The first-order chi connectivity index (χ1) is 15.5. The van der Waals surface area contributed by atoms with Crippen molar-refractivity contribution in [3.63, 3.8) is 0 Å². The van der Waals surface area contributed by atoms with Crippen LogP contribution in [0.25, 0.3) is 5.69 Å². The molecule has 0 bridgehead atoms. The van der Waals surface area contributed by atoms with Crippen molar-refractivity contribution in [2.45, 2.75) is 33.6 Å². The van der Waals surface area contributed by atoms with E-state index in [1.807, 2.05) is 74.7 Å². The van der Waals surface area contributed by atoms with Gasteiger partial charge in [0.25, 0.3) is 5.56 Å². The average Bonchev–Trinajstić information content (AvgIpc) is 3.24. The van der Waals surface area contributed by atoms with E-state index >= 15 is 0 Å². The van der Waals surface area contributed by atoms with E-state index < -0.39 is 11.4 Å². The summed E-state index contributed by atoms with van der Waals surface area (Å²) in [6, 6.07) is 15.5. The molecule has 2 aromatic carbocycles. The topological polar surface area (TPSA) is 92.7 Å². The van der Waals surface area contributed by atoms with Crippen LogP contribution in [0, 0.1) is 13.8 Å². The molecule has 1 N–H and O–H groups in total. The molecular weight excluding hydrogens is 422 g/mol. The Labute approximate surface area is 189 Å². The highest BCUT2D eigenvalue weighted by atomic mass is 32.1. The monoisotopic (exact) mass is 445 g/mol. The molecule has 7 nitrogen and oxygen atoms in total. The van der Waals surface area contributed by atoms with Gasteiger partial charge in [-0.05, 0) is 43.0 Å². The lowest BCUT2D eigenvalue weighted by Gasteiger charge is -2.16. The number of benzene rings is 2. The Morgan fingerprint density at radius 1 is 1.00 bits per heavy atom. The number of para-hydroxylation sites is 1. The van der Waals surface area contributed by atoms with Gasteiger partial charge in [-0.1, -0.05) is 49.4 Å². The van der Waals surface area contributed by atoms with E-state index in [9.17, 15) is 9.90 Å². The smallest absolute Gasteiger partial charge is 0.289 e. The molecular formula is C24H23N5O2S. The summed E-state index contributed by atoms with van der Waals surface area (Å²) in [5.41, 5.74) is 3.90. The van der Waals surface area contributed by atoms with Crippen LogP contribution in [0.1, 0.15) is 35.1 Å². The van der Waals surface area contributed by atoms with Crippen molar-refractivity contribution >= 4 is 22.2 Å². The summed E-state index contributed by atoms with van der Waals surface area (Å²) in [5, 5.41) is 21.0. The predicted molar refractivity (Wildman–Crippen MR) is 126 cm³/mol. The van der Waals surface area contributed by atoms with Crippen molar-refractivity contribution in [2.24, 2.45) is 10.2 Å². The summed E-state index contributed by atoms with van der Waals surface area (Å²) in [5.74, 6) is -0.0167. The maximum atomic E-state index is 13.5. The number of thiazole rings is 1. The minimum atomic E-state index is -0.480. The lowest BCUT2D eigenvalue weighted by Crippen LogP contribution is -2.24. The van der Waals surface area contributed by atoms with E-state index in [0.29, 0.717) is 23.1 Å². The molecule has 0 fully saturated rings. The minimum Gasteiger partial charge on any atom is -0.492 e. The van der Waals surface area contributed by atoms with Crippen LogP contribution in [0.2, 0.25) is 0 Å². The first-order valence-corrected chi connectivity index (χ1v) is 11.2. The summed E-state index contributed by atoms with van der Waals surface area (Å²) >= 11 is 1.33. The fourth-order valence-corrected chi connectivity index (χ4v) is 4.11. The number of aryl methyl sites for hydroxylation is 3. The molecule has 8 heteroatoms. The molecule has 0 spiro atoms. The predicted octanol–water partition coefficient (Wildman–Crippen LogP) is 5.58. The van der Waals surface area contributed by atoms with Crippen LogP contribution >= 0.6 is 11.3 Å². The van der Waals surface area contributed by atoms with Crippen molar-refractivity contribution in [1.29, 1.82) is 0 Å². The highest BCUT2D eigenvalue weighted by molar-refractivity contribution is 7.13. The standard InChI is InChI=1S/C24H23N5O2S/c1-4-18-14-32-24(25-18)28-27-21-22(30)26-20(13-17-11-7-5-9-15(17)2)29(23(21)31)19-12-8-6-10-16(19)3/h5-12,14,30H,4,13H2,1-3H3. The number of hydrogen-bond acceptors (Lipinski definition) is 7. The largest absolute Gasteiger partial charge is 0.492 e. The van der Waals surface area contributed by atoms with Crippen LogP contribution in [0.15, 0.2) is 68.9 Å². The zero-order valence-electron chi connectivity index (χ0n) is 18.1. The van der Waals surface area contributed by atoms with Gasteiger partial charge in [0.15, 0.2) is 0 Å². The van der Waals surface area contributed by atoms with Gasteiger partial charge in [-0.2, -0.15) is 4.98 Å². The second-order valence-electron chi connectivity index (χ2n) is 7.41. The van der Waals surface area contributed by atoms with Crippen LogP contribution in [0.3, 0.4) is 0 Å². The Morgan fingerprint density at radius 3 is 2.41 bits per heavy atom. The van der Waals surface area contributed by atoms with Gasteiger partial charge in [-0.25, -0.2) is 4.98 Å². The highest BCUT2D eigenvalue weighted by Crippen LogP contribution is 2.27. The first-order valence-electron chi connectivity index (χ1n) is 10.3. The molecule has 0 saturated carbocycles. The van der Waals surface area contributed by atoms with Crippen molar-refractivity contribution < 1.29 is 5.11 Å². The number of azo groups is 1. The second-order valence-corrected chi connectivity index (χ2v) is 8.24. The summed E-state index contributed by atoms with van der Waals surface area (Å²) in [6.07, 6.45) is 1.17. The molecule has 0 aliphatic carbocycles. The summed E-state index contributed by atoms with van der Waals surface area (Å²) in [6.45, 7) is 5.93. The number of aromatic hydroxyl groups is 1. The van der Waals surface area contributed by atoms with Gasteiger partial charge in [0, 0.05) is 11.8 Å². The third kappa shape index (κ3) is 4.36. The molecule has 0 radical (unpaired) electrons. The molecule has 4 rings (SSSR count). The molecule has 2 aromatic heterocycles. The van der Waals surface area contributed by atoms with Crippen LogP contribution < -0.4 is 5.56 Å². The van der Waals surface area contributed by atoms with E-state index in [0.717, 1.165) is 28.8 Å². The maximum absolute atomic E-state index is 13.5. The zero-order chi connectivity index (χ0) is 22.7. The number of hydrogen-bond donors (Lipinski definition) is 1. The number of aromatic nitrogens is 3. The zero-order valence-corrected chi connectivity index (χ0v) is 18.9. The minimum absolute atomic E-state index is 0.213. The Bertz CT molecular complexity index is 1360. The van der Waals surface area contributed by atoms with Gasteiger partial charge in [-0.15, -0.1) is 21.6 Å². The molecule has 0 atom stereocenters. The fraction of sp³-hybridized carbons (Fsp3) is 0.208. The third-order valence-electron chi connectivity index (χ3n) is 5.21. The molecule has 0 aliphatic heterocycles. The number of rotatable bonds is 6. The van der Waals surface area contributed by atoms with Crippen LogP contribution in [-0.4, -0.2) is 19.6 Å². The van der Waals surface area contributed by atoms with Gasteiger partial charge in [0.05, 0.1) is 11.4 Å². The SMILES string of the molecule is CCc1csc(N=Nc2c(O)nc(Cc3ccccc3C)n(-c3ccccc3C)c2=O)n1. The van der Waals surface area contributed by atoms with Gasteiger partial charge in [-0.3, -0.25) is 9.36 Å². The van der Waals surface area contributed by atoms with Gasteiger partial charge in [0.2, 0.25) is 16.7 Å². The Kier molecular flexibility index (Phi) is 6.23. The number of nitrogens with zero attached hydrogens (tertiary/aromatic N) is 5. The van der Waals surface area contributed by atoms with Crippen LogP contribution in [-0.2, 0) is 12.8 Å². The van der Waals surface area contributed by atoms with Crippen LogP contribution in [0.5, 0.6) is 5.88 Å². The first kappa shape index (κ1) is 21.6. The van der Waals surface area contributed by atoms with E-state index in [4.69, 9.17) is 0 Å². The Hall–Kier alpha value is -3.65. The van der Waals surface area contributed by atoms with Gasteiger partial charge < -0.3 is 5.11 Å². The van der Waals surface area contributed by atoms with Crippen molar-refractivity contribution in [3.8, 4) is 11.6 Å². The lowest BCUT2D eigenvalue weighted by molar-refractivity contribution is 0.447. The summed E-state index contributed by atoms with van der Waals surface area (Å²) in [7, 11) is 0. The van der Waals surface area contributed by atoms with E-state index in [1.54, 1.807) is 0 Å². The Morgan fingerprint density at radius 2 is 1.72 bits per heavy atom. The van der Waals surface area contributed by atoms with Crippen molar-refractivity contribution in [1.82, 2.24) is 14.5 Å². The van der Waals surface area contributed by atoms with E-state index in [1.165, 1.54) is 15.9 Å². The fourth-order valence-electron chi connectivity index (χ4n) is 3.39. The lowest BCUT2D eigenvalue weighted by atomic mass is 10.1. The molecule has 0 unspecified atom stereocenters.